The number of carbonyl (C=O) groups is 1. The van der Waals surface area contributed by atoms with E-state index in [1.807, 2.05) is 0 Å². The first-order valence-electron chi connectivity index (χ1n) is 7.19. The molecule has 25 heavy (non-hydrogen) atoms. The molecular weight excluding hydrogens is 349 g/mol. The van der Waals surface area contributed by atoms with E-state index in [2.05, 4.69) is 20.1 Å². The number of fused-ring (bicyclic) bond motifs is 3. The van der Waals surface area contributed by atoms with Crippen LogP contribution in [0.15, 0.2) is 41.5 Å². The molecule has 7 nitrogen and oxygen atoms in total. The number of nitrogens with zero attached hydrogens (tertiary/aromatic N) is 5. The average Bonchev–Trinajstić information content (AvgIpc) is 2.95. The summed E-state index contributed by atoms with van der Waals surface area (Å²) in [4.78, 5) is 23.6. The Bertz CT molecular complexity index is 1050. The van der Waals surface area contributed by atoms with Gasteiger partial charge >= 0.3 is 5.97 Å². The number of carboxylic acids is 1. The summed E-state index contributed by atoms with van der Waals surface area (Å²) in [7, 11) is 0. The van der Waals surface area contributed by atoms with Crippen LogP contribution < -0.4 is 0 Å². The van der Waals surface area contributed by atoms with Gasteiger partial charge in [0, 0.05) is 16.8 Å². The molecule has 0 atom stereocenters. The van der Waals surface area contributed by atoms with E-state index in [4.69, 9.17) is 16.7 Å². The largest absolute Gasteiger partial charge is 0.475 e. The number of halogens is 2. The number of hydrogen-bond donors (Lipinski definition) is 1. The fraction of sp³-hybridized carbons (Fsp3) is 0.0625. The molecule has 1 aromatic carbocycles. The van der Waals surface area contributed by atoms with E-state index in [1.54, 1.807) is 18.2 Å². The molecule has 0 saturated carbocycles. The molecule has 2 aromatic heterocycles. The highest BCUT2D eigenvalue weighted by Gasteiger charge is 2.25. The highest BCUT2D eigenvalue weighted by atomic mass is 35.5. The summed E-state index contributed by atoms with van der Waals surface area (Å²) in [5, 5.41) is 13.5. The Balaban J connectivity index is 1.98. The minimum atomic E-state index is -1.24. The predicted molar refractivity (Wildman–Crippen MR) is 86.9 cm³/mol. The maximum atomic E-state index is 14.2. The molecule has 124 valence electrons. The fourth-order valence-corrected chi connectivity index (χ4v) is 2.78. The summed E-state index contributed by atoms with van der Waals surface area (Å²) >= 11 is 6.10. The molecule has 0 unspecified atom stereocenters. The van der Waals surface area contributed by atoms with Crippen LogP contribution in [0.3, 0.4) is 0 Å². The van der Waals surface area contributed by atoms with Crippen LogP contribution in [0.1, 0.15) is 27.7 Å². The maximum absolute atomic E-state index is 14.2. The molecule has 0 spiro atoms. The van der Waals surface area contributed by atoms with Crippen LogP contribution in [0.25, 0.3) is 5.69 Å². The minimum absolute atomic E-state index is 0.0257. The zero-order valence-electron chi connectivity index (χ0n) is 12.5. The van der Waals surface area contributed by atoms with Crippen molar-refractivity contribution in [3.63, 3.8) is 0 Å². The molecular formula is C16H9ClFN5O2. The van der Waals surface area contributed by atoms with Gasteiger partial charge in [-0.3, -0.25) is 9.98 Å². The zero-order chi connectivity index (χ0) is 17.6. The van der Waals surface area contributed by atoms with Gasteiger partial charge in [-0.2, -0.15) is 0 Å². The van der Waals surface area contributed by atoms with Gasteiger partial charge in [-0.05, 0) is 30.3 Å². The molecule has 1 aliphatic rings. The summed E-state index contributed by atoms with van der Waals surface area (Å²) in [6.07, 6.45) is 1.47. The number of benzene rings is 1. The molecule has 0 radical (unpaired) electrons. The summed E-state index contributed by atoms with van der Waals surface area (Å²) in [5.41, 5.74) is 1.38. The summed E-state index contributed by atoms with van der Waals surface area (Å²) < 4.78 is 15.6. The van der Waals surface area contributed by atoms with Gasteiger partial charge in [-0.1, -0.05) is 11.6 Å². The lowest BCUT2D eigenvalue weighted by Crippen LogP contribution is -2.12. The third-order valence-electron chi connectivity index (χ3n) is 3.67. The highest BCUT2D eigenvalue weighted by molar-refractivity contribution is 6.31. The number of aromatic carboxylic acids is 1. The molecule has 0 bridgehead atoms. The van der Waals surface area contributed by atoms with Crippen molar-refractivity contribution >= 4 is 23.3 Å². The Morgan fingerprint density at radius 3 is 2.92 bits per heavy atom. The zero-order valence-corrected chi connectivity index (χ0v) is 13.3. The summed E-state index contributed by atoms with van der Waals surface area (Å²) in [6, 6.07) is 7.67. The van der Waals surface area contributed by atoms with Crippen LogP contribution in [0, 0.1) is 5.82 Å². The van der Waals surface area contributed by atoms with Gasteiger partial charge in [-0.25, -0.2) is 18.9 Å². The lowest BCUT2D eigenvalue weighted by molar-refractivity contribution is 0.0683. The van der Waals surface area contributed by atoms with Gasteiger partial charge in [0.2, 0.25) is 0 Å². The fourth-order valence-electron chi connectivity index (χ4n) is 2.61. The second-order valence-electron chi connectivity index (χ2n) is 5.23. The summed E-state index contributed by atoms with van der Waals surface area (Å²) in [6.45, 7) is 0.0257. The van der Waals surface area contributed by atoms with Crippen molar-refractivity contribution in [3.8, 4) is 5.69 Å². The Kier molecular flexibility index (Phi) is 3.54. The summed E-state index contributed by atoms with van der Waals surface area (Å²) in [5.74, 6) is -1.77. The first-order valence-corrected chi connectivity index (χ1v) is 7.57. The molecule has 0 aliphatic carbocycles. The first kappa shape index (κ1) is 15.4. The molecule has 0 fully saturated rings. The van der Waals surface area contributed by atoms with Crippen molar-refractivity contribution in [1.82, 2.24) is 19.7 Å². The number of aliphatic imine (C=N–C) groups is 1. The monoisotopic (exact) mass is 357 g/mol. The lowest BCUT2D eigenvalue weighted by atomic mass is 10.0. The Morgan fingerprint density at radius 1 is 1.32 bits per heavy atom. The molecule has 3 aromatic rings. The first-order chi connectivity index (χ1) is 12.0. The predicted octanol–water partition coefficient (Wildman–Crippen LogP) is 2.50. The Hall–Kier alpha value is -3.13. The molecule has 0 amide bonds. The van der Waals surface area contributed by atoms with Gasteiger partial charge < -0.3 is 5.11 Å². The van der Waals surface area contributed by atoms with Gasteiger partial charge in [0.05, 0.1) is 17.9 Å². The number of pyridine rings is 1. The normalized spacial score (nSPS) is 12.8. The van der Waals surface area contributed by atoms with Gasteiger partial charge in [0.25, 0.3) is 5.82 Å². The lowest BCUT2D eigenvalue weighted by Gasteiger charge is -2.11. The van der Waals surface area contributed by atoms with Crippen molar-refractivity contribution in [2.75, 3.05) is 0 Å². The SMILES string of the molecule is O=C(O)c1nc2n(n1)-c1ccc(Cl)cc1C(c1ncccc1F)=NC2. The van der Waals surface area contributed by atoms with Crippen LogP contribution in [0.4, 0.5) is 4.39 Å². The third kappa shape index (κ3) is 2.56. The molecule has 9 heteroatoms. The second-order valence-corrected chi connectivity index (χ2v) is 5.67. The van der Waals surface area contributed by atoms with Gasteiger partial charge in [-0.15, -0.1) is 5.10 Å². The molecule has 4 rings (SSSR count). The van der Waals surface area contributed by atoms with Crippen LogP contribution in [-0.4, -0.2) is 36.5 Å². The van der Waals surface area contributed by atoms with Crippen LogP contribution in [0.2, 0.25) is 5.02 Å². The smallest absolute Gasteiger partial charge is 0.375 e. The van der Waals surface area contributed by atoms with E-state index < -0.39 is 11.8 Å². The molecule has 1 aliphatic heterocycles. The maximum Gasteiger partial charge on any atom is 0.375 e. The third-order valence-corrected chi connectivity index (χ3v) is 3.90. The number of aromatic nitrogens is 4. The van der Waals surface area contributed by atoms with Gasteiger partial charge in [0.15, 0.2) is 11.6 Å². The molecule has 3 heterocycles. The van der Waals surface area contributed by atoms with E-state index >= 15 is 0 Å². The van der Waals surface area contributed by atoms with E-state index in [0.29, 0.717) is 27.8 Å². The van der Waals surface area contributed by atoms with Crippen LogP contribution >= 0.6 is 11.6 Å². The Morgan fingerprint density at radius 2 is 2.16 bits per heavy atom. The van der Waals surface area contributed by atoms with Crippen molar-refractivity contribution in [1.29, 1.82) is 0 Å². The van der Waals surface area contributed by atoms with Crippen LogP contribution in [0.5, 0.6) is 0 Å². The average molecular weight is 358 g/mol. The Labute approximate surface area is 145 Å². The second kappa shape index (κ2) is 5.75. The quantitative estimate of drug-likeness (QED) is 0.760. The number of carboxylic acid groups (broad SMARTS) is 1. The van der Waals surface area contributed by atoms with Crippen molar-refractivity contribution in [3.05, 3.63) is 70.3 Å². The highest BCUT2D eigenvalue weighted by Crippen LogP contribution is 2.27. The molecule has 0 saturated heterocycles. The van der Waals surface area contributed by atoms with E-state index in [1.165, 1.54) is 23.0 Å². The van der Waals surface area contributed by atoms with E-state index in [-0.39, 0.29) is 18.1 Å². The van der Waals surface area contributed by atoms with Crippen LogP contribution in [-0.2, 0) is 6.54 Å². The van der Waals surface area contributed by atoms with Crippen molar-refractivity contribution in [2.24, 2.45) is 4.99 Å². The number of rotatable bonds is 2. The standard InChI is InChI=1S/C16H9ClFN5O2/c17-8-3-4-11-9(6-8)13(14-10(18)2-1-5-19-14)20-7-12-21-15(16(24)25)22-23(11)12/h1-6H,7H2,(H,24,25). The van der Waals surface area contributed by atoms with Crippen molar-refractivity contribution in [2.45, 2.75) is 6.54 Å². The topological polar surface area (TPSA) is 93.3 Å². The van der Waals surface area contributed by atoms with Gasteiger partial charge in [0.1, 0.15) is 5.69 Å². The van der Waals surface area contributed by atoms with Crippen molar-refractivity contribution < 1.29 is 14.3 Å². The minimum Gasteiger partial charge on any atom is -0.475 e. The molecule has 1 N–H and O–H groups in total. The van der Waals surface area contributed by atoms with E-state index in [0.717, 1.165) is 0 Å². The van der Waals surface area contributed by atoms with E-state index in [9.17, 15) is 9.18 Å². The number of hydrogen-bond acceptors (Lipinski definition) is 5.